The van der Waals surface area contributed by atoms with Gasteiger partial charge < -0.3 is 0 Å². The minimum Gasteiger partial charge on any atom is -0.120 e. The summed E-state index contributed by atoms with van der Waals surface area (Å²) in [5, 5.41) is 2.25. The average molecular weight is 310 g/mol. The number of benzene rings is 2. The second-order valence-electron chi connectivity index (χ2n) is 4.49. The molecule has 0 bridgehead atoms. The molecule has 0 atom stereocenters. The summed E-state index contributed by atoms with van der Waals surface area (Å²) in [6, 6.07) is 20.9. The largest absolute Gasteiger partial charge is 0.120 e. The maximum absolute atomic E-state index is 5.35. The minimum absolute atomic E-state index is 0.836. The van der Waals surface area contributed by atoms with Gasteiger partial charge in [-0.15, -0.1) is 12.3 Å². The van der Waals surface area contributed by atoms with E-state index < -0.39 is 0 Å². The third kappa shape index (κ3) is 6.16. The molecule has 0 radical (unpaired) electrons. The summed E-state index contributed by atoms with van der Waals surface area (Å²) in [4.78, 5) is 3.91. The molecule has 0 saturated heterocycles. The normalized spacial score (nSPS) is 11.1. The second kappa shape index (κ2) is 9.39. The predicted molar refractivity (Wildman–Crippen MR) is 95.4 cm³/mol. The number of thioether (sulfide) groups is 2. The Hall–Kier alpha value is -1.56. The highest BCUT2D eigenvalue weighted by Gasteiger charge is 2.01. The highest BCUT2D eigenvalue weighted by molar-refractivity contribution is 8.06. The summed E-state index contributed by atoms with van der Waals surface area (Å²) in [6.07, 6.45) is 8.26. The Morgan fingerprint density at radius 3 is 2.19 bits per heavy atom. The lowest BCUT2D eigenvalue weighted by atomic mass is 10.2. The molecule has 0 aliphatic rings. The monoisotopic (exact) mass is 310 g/mol. The van der Waals surface area contributed by atoms with E-state index in [1.807, 2.05) is 23.9 Å². The Morgan fingerprint density at radius 2 is 1.57 bits per heavy atom. The van der Waals surface area contributed by atoms with Crippen molar-refractivity contribution >= 4 is 23.5 Å². The number of terminal acetylenes is 1. The van der Waals surface area contributed by atoms with Crippen molar-refractivity contribution in [2.24, 2.45) is 0 Å². The molecule has 0 aliphatic carbocycles. The first-order valence-corrected chi connectivity index (χ1v) is 8.65. The maximum atomic E-state index is 5.35. The molecule has 0 fully saturated rings. The number of rotatable bonds is 7. The molecule has 2 aromatic carbocycles. The molecule has 0 N–H and O–H groups in total. The van der Waals surface area contributed by atoms with Gasteiger partial charge in [-0.2, -0.15) is 0 Å². The Bertz CT molecular complexity index is 594. The van der Waals surface area contributed by atoms with Crippen LogP contribution in [0.15, 0.2) is 80.8 Å². The highest BCUT2D eigenvalue weighted by Crippen LogP contribution is 2.33. The fraction of sp³-hybridized carbons (Fsp3) is 0.158. The van der Waals surface area contributed by atoms with E-state index in [-0.39, 0.29) is 0 Å². The Balaban J connectivity index is 2.02. The van der Waals surface area contributed by atoms with Gasteiger partial charge in [0.25, 0.3) is 0 Å². The van der Waals surface area contributed by atoms with Crippen LogP contribution in [0.3, 0.4) is 0 Å². The van der Waals surface area contributed by atoms with E-state index in [1.165, 1.54) is 14.7 Å². The number of allylic oxidation sites excluding steroid dienone is 1. The van der Waals surface area contributed by atoms with E-state index >= 15 is 0 Å². The van der Waals surface area contributed by atoms with E-state index in [2.05, 4.69) is 59.9 Å². The lowest BCUT2D eigenvalue weighted by molar-refractivity contribution is 0.878. The van der Waals surface area contributed by atoms with E-state index in [0.29, 0.717) is 0 Å². The maximum Gasteiger partial charge on any atom is 0.0119 e. The van der Waals surface area contributed by atoms with Crippen LogP contribution in [0.25, 0.3) is 0 Å². The van der Waals surface area contributed by atoms with Crippen molar-refractivity contribution in [1.82, 2.24) is 0 Å². The molecule has 2 aromatic rings. The van der Waals surface area contributed by atoms with Crippen LogP contribution < -0.4 is 0 Å². The van der Waals surface area contributed by atoms with Crippen LogP contribution in [-0.2, 0) is 0 Å². The lowest BCUT2D eigenvalue weighted by Gasteiger charge is -2.07. The van der Waals surface area contributed by atoms with Crippen molar-refractivity contribution in [2.75, 3.05) is 0 Å². The summed E-state index contributed by atoms with van der Waals surface area (Å²) in [5.41, 5.74) is 0. The number of hydrogen-bond donors (Lipinski definition) is 0. The summed E-state index contributed by atoms with van der Waals surface area (Å²) in [7, 11) is 0. The molecule has 21 heavy (non-hydrogen) atoms. The van der Waals surface area contributed by atoms with Crippen molar-refractivity contribution in [1.29, 1.82) is 0 Å². The van der Waals surface area contributed by atoms with Crippen molar-refractivity contribution in [2.45, 2.75) is 29.1 Å². The Morgan fingerprint density at radius 1 is 0.952 bits per heavy atom. The summed E-state index contributed by atoms with van der Waals surface area (Å²) >= 11 is 3.60. The molecule has 0 unspecified atom stereocenters. The molecule has 106 valence electrons. The van der Waals surface area contributed by atoms with Crippen LogP contribution in [0.4, 0.5) is 0 Å². The van der Waals surface area contributed by atoms with Crippen LogP contribution in [0.5, 0.6) is 0 Å². The molecule has 0 aliphatic heterocycles. The van der Waals surface area contributed by atoms with E-state index in [9.17, 15) is 0 Å². The smallest absolute Gasteiger partial charge is 0.0119 e. The standard InChI is InChI=1S/C19H18S2/c1-2-3-6-15-19(21-18-13-9-5-10-14-18)16-20-17-11-7-4-8-12-17/h1,4-5,7-14,16H,3,6,15H2/b19-16-. The fourth-order valence-corrected chi connectivity index (χ4v) is 3.65. The second-order valence-corrected chi connectivity index (χ2v) is 6.63. The molecule has 0 heterocycles. The van der Waals surface area contributed by atoms with Crippen molar-refractivity contribution in [3.05, 3.63) is 71.0 Å². The first kappa shape index (κ1) is 15.8. The third-order valence-corrected chi connectivity index (χ3v) is 4.99. The van der Waals surface area contributed by atoms with E-state index in [0.717, 1.165) is 19.3 Å². The van der Waals surface area contributed by atoms with E-state index in [4.69, 9.17) is 6.42 Å². The van der Waals surface area contributed by atoms with Gasteiger partial charge in [-0.1, -0.05) is 59.9 Å². The van der Waals surface area contributed by atoms with Gasteiger partial charge in [-0.25, -0.2) is 0 Å². The first-order valence-electron chi connectivity index (χ1n) is 6.95. The van der Waals surface area contributed by atoms with Gasteiger partial charge >= 0.3 is 0 Å². The highest BCUT2D eigenvalue weighted by atomic mass is 32.2. The van der Waals surface area contributed by atoms with Crippen molar-refractivity contribution in [3.63, 3.8) is 0 Å². The van der Waals surface area contributed by atoms with Crippen LogP contribution >= 0.6 is 23.5 Å². The molecule has 2 rings (SSSR count). The summed E-state index contributed by atoms with van der Waals surface area (Å²) in [5.74, 6) is 2.72. The summed E-state index contributed by atoms with van der Waals surface area (Å²) in [6.45, 7) is 0. The Labute approximate surface area is 136 Å². The molecule has 0 saturated carbocycles. The zero-order valence-corrected chi connectivity index (χ0v) is 13.5. The van der Waals surface area contributed by atoms with Gasteiger partial charge in [-0.3, -0.25) is 0 Å². The van der Waals surface area contributed by atoms with Gasteiger partial charge in [0, 0.05) is 16.2 Å². The molecular weight excluding hydrogens is 292 g/mol. The summed E-state index contributed by atoms with van der Waals surface area (Å²) < 4.78 is 0. The van der Waals surface area contributed by atoms with Crippen LogP contribution in [0.1, 0.15) is 19.3 Å². The first-order chi connectivity index (χ1) is 10.4. The van der Waals surface area contributed by atoms with Gasteiger partial charge in [-0.05, 0) is 47.4 Å². The SMILES string of the molecule is C#CCCC/C(=C/Sc1ccccc1)Sc1ccccc1. The lowest BCUT2D eigenvalue weighted by Crippen LogP contribution is -1.80. The fourth-order valence-electron chi connectivity index (χ4n) is 1.77. The number of unbranched alkanes of at least 4 members (excludes halogenated alkanes) is 1. The number of hydrogen-bond acceptors (Lipinski definition) is 2. The van der Waals surface area contributed by atoms with Gasteiger partial charge in [0.15, 0.2) is 0 Å². The van der Waals surface area contributed by atoms with Crippen molar-refractivity contribution in [3.8, 4) is 12.3 Å². The minimum atomic E-state index is 0.836. The molecular formula is C19H18S2. The molecule has 0 aromatic heterocycles. The zero-order valence-electron chi connectivity index (χ0n) is 11.9. The van der Waals surface area contributed by atoms with Gasteiger partial charge in [0.1, 0.15) is 0 Å². The van der Waals surface area contributed by atoms with E-state index in [1.54, 1.807) is 11.8 Å². The van der Waals surface area contributed by atoms with Crippen LogP contribution in [-0.4, -0.2) is 0 Å². The molecule has 0 nitrogen and oxygen atoms in total. The van der Waals surface area contributed by atoms with Crippen LogP contribution in [0, 0.1) is 12.3 Å². The third-order valence-electron chi connectivity index (χ3n) is 2.81. The topological polar surface area (TPSA) is 0 Å². The average Bonchev–Trinajstić information content (AvgIpc) is 2.54. The van der Waals surface area contributed by atoms with Gasteiger partial charge in [0.2, 0.25) is 0 Å². The quantitative estimate of drug-likeness (QED) is 0.338. The zero-order chi connectivity index (χ0) is 14.8. The Kier molecular flexibility index (Phi) is 7.07. The predicted octanol–water partition coefficient (Wildman–Crippen LogP) is 6.22. The molecule has 2 heteroatoms. The molecule has 0 spiro atoms. The van der Waals surface area contributed by atoms with Crippen molar-refractivity contribution < 1.29 is 0 Å². The molecule has 0 amide bonds. The van der Waals surface area contributed by atoms with Gasteiger partial charge in [0.05, 0.1) is 0 Å². The van der Waals surface area contributed by atoms with Crippen LogP contribution in [0.2, 0.25) is 0 Å².